The van der Waals surface area contributed by atoms with Gasteiger partial charge in [-0.2, -0.15) is 0 Å². The van der Waals surface area contributed by atoms with Gasteiger partial charge in [0.05, 0.1) is 5.02 Å². The number of aromatic nitrogens is 1. The van der Waals surface area contributed by atoms with Crippen LogP contribution in [0, 0.1) is 13.8 Å². The highest BCUT2D eigenvalue weighted by atomic mass is 79.9. The highest BCUT2D eigenvalue weighted by Crippen LogP contribution is 2.30. The van der Waals surface area contributed by atoms with Crippen molar-refractivity contribution in [2.75, 3.05) is 0 Å². The quantitative estimate of drug-likeness (QED) is 0.778. The highest BCUT2D eigenvalue weighted by Gasteiger charge is 2.10. The summed E-state index contributed by atoms with van der Waals surface area (Å²) in [5, 5.41) is 0.691. The zero-order chi connectivity index (χ0) is 11.0. The molecule has 1 heterocycles. The van der Waals surface area contributed by atoms with Crippen molar-refractivity contribution >= 4 is 27.5 Å². The molecule has 0 atom stereocenters. The van der Waals surface area contributed by atoms with Crippen molar-refractivity contribution < 1.29 is 4.42 Å². The van der Waals surface area contributed by atoms with Crippen LogP contribution < -0.4 is 0 Å². The number of halogens is 2. The summed E-state index contributed by atoms with van der Waals surface area (Å²) in [4.78, 5) is 4.32. The van der Waals surface area contributed by atoms with E-state index in [-0.39, 0.29) is 0 Å². The minimum atomic E-state index is 0.675. The van der Waals surface area contributed by atoms with Crippen LogP contribution in [0.2, 0.25) is 5.02 Å². The molecule has 0 amide bonds. The van der Waals surface area contributed by atoms with Crippen LogP contribution in [0.15, 0.2) is 27.1 Å². The molecule has 0 N–H and O–H groups in total. The first-order chi connectivity index (χ1) is 7.08. The Hall–Kier alpha value is -0.800. The summed E-state index contributed by atoms with van der Waals surface area (Å²) in [6.07, 6.45) is 0. The minimum Gasteiger partial charge on any atom is -0.446 e. The Morgan fingerprint density at radius 2 is 2.07 bits per heavy atom. The molecule has 78 valence electrons. The first kappa shape index (κ1) is 10.7. The van der Waals surface area contributed by atoms with Gasteiger partial charge < -0.3 is 4.42 Å². The largest absolute Gasteiger partial charge is 0.446 e. The molecule has 0 aliphatic carbocycles. The van der Waals surface area contributed by atoms with Crippen molar-refractivity contribution in [1.82, 2.24) is 4.98 Å². The summed E-state index contributed by atoms with van der Waals surface area (Å²) in [7, 11) is 0. The fourth-order valence-electron chi connectivity index (χ4n) is 1.44. The molecule has 0 aliphatic heterocycles. The molecule has 1 aromatic carbocycles. The summed E-state index contributed by atoms with van der Waals surface area (Å²) < 4.78 is 6.24. The second-order valence-corrected chi connectivity index (χ2v) is 4.53. The van der Waals surface area contributed by atoms with Gasteiger partial charge in [-0.1, -0.05) is 17.7 Å². The lowest BCUT2D eigenvalue weighted by atomic mass is 10.1. The van der Waals surface area contributed by atoms with E-state index in [1.54, 1.807) is 0 Å². The topological polar surface area (TPSA) is 26.0 Å². The summed E-state index contributed by atoms with van der Waals surface area (Å²) >= 11 is 9.31. The van der Waals surface area contributed by atoms with E-state index < -0.39 is 0 Å². The SMILES string of the molecule is Cc1nc(-c2ccc(Cl)c(Br)c2)c(C)o1. The van der Waals surface area contributed by atoms with Crippen LogP contribution in [0.4, 0.5) is 0 Å². The molecular weight excluding hydrogens is 277 g/mol. The molecule has 4 heteroatoms. The Balaban J connectivity index is 2.54. The number of oxazole rings is 1. The first-order valence-electron chi connectivity index (χ1n) is 4.47. The van der Waals surface area contributed by atoms with E-state index in [9.17, 15) is 0 Å². The number of hydrogen-bond acceptors (Lipinski definition) is 2. The Labute approximate surface area is 101 Å². The smallest absolute Gasteiger partial charge is 0.191 e. The third kappa shape index (κ3) is 2.08. The lowest BCUT2D eigenvalue weighted by molar-refractivity contribution is 0.495. The van der Waals surface area contributed by atoms with Crippen LogP contribution in [0.25, 0.3) is 11.3 Å². The molecule has 2 nitrogen and oxygen atoms in total. The molecule has 0 unspecified atom stereocenters. The van der Waals surface area contributed by atoms with E-state index in [2.05, 4.69) is 20.9 Å². The van der Waals surface area contributed by atoms with E-state index in [1.165, 1.54) is 0 Å². The van der Waals surface area contributed by atoms with Crippen molar-refractivity contribution in [2.45, 2.75) is 13.8 Å². The molecule has 0 aliphatic rings. The van der Waals surface area contributed by atoms with E-state index in [1.807, 2.05) is 32.0 Å². The highest BCUT2D eigenvalue weighted by molar-refractivity contribution is 9.10. The molecule has 0 fully saturated rings. The monoisotopic (exact) mass is 285 g/mol. The predicted octanol–water partition coefficient (Wildman–Crippen LogP) is 4.37. The van der Waals surface area contributed by atoms with Gasteiger partial charge in [0.1, 0.15) is 11.5 Å². The maximum atomic E-state index is 5.92. The van der Waals surface area contributed by atoms with E-state index in [4.69, 9.17) is 16.0 Å². The van der Waals surface area contributed by atoms with Crippen LogP contribution in [-0.4, -0.2) is 4.98 Å². The number of benzene rings is 1. The van der Waals surface area contributed by atoms with Gasteiger partial charge in [0.15, 0.2) is 5.89 Å². The minimum absolute atomic E-state index is 0.675. The Morgan fingerprint density at radius 3 is 2.60 bits per heavy atom. The van der Waals surface area contributed by atoms with Gasteiger partial charge in [0, 0.05) is 17.0 Å². The van der Waals surface area contributed by atoms with Crippen LogP contribution in [0.5, 0.6) is 0 Å². The van der Waals surface area contributed by atoms with Crippen LogP contribution >= 0.6 is 27.5 Å². The van der Waals surface area contributed by atoms with E-state index in [0.717, 1.165) is 21.5 Å². The average molecular weight is 287 g/mol. The number of rotatable bonds is 1. The standard InChI is InChI=1S/C11H9BrClNO/c1-6-11(14-7(2)15-6)8-3-4-10(13)9(12)5-8/h3-5H,1-2H3. The first-order valence-corrected chi connectivity index (χ1v) is 5.64. The third-order valence-electron chi connectivity index (χ3n) is 2.10. The fraction of sp³-hybridized carbons (Fsp3) is 0.182. The Kier molecular flexibility index (Phi) is 2.85. The second-order valence-electron chi connectivity index (χ2n) is 3.27. The van der Waals surface area contributed by atoms with Gasteiger partial charge in [-0.25, -0.2) is 4.98 Å². The van der Waals surface area contributed by atoms with Gasteiger partial charge in [-0.3, -0.25) is 0 Å². The van der Waals surface area contributed by atoms with Gasteiger partial charge in [0.2, 0.25) is 0 Å². The maximum Gasteiger partial charge on any atom is 0.191 e. The molecule has 2 rings (SSSR count). The van der Waals surface area contributed by atoms with Crippen molar-refractivity contribution in [3.8, 4) is 11.3 Å². The molecular formula is C11H9BrClNO. The fourth-order valence-corrected chi connectivity index (χ4v) is 1.94. The van der Waals surface area contributed by atoms with Crippen molar-refractivity contribution in [3.63, 3.8) is 0 Å². The summed E-state index contributed by atoms with van der Waals surface area (Å²) in [5.41, 5.74) is 1.87. The molecule has 15 heavy (non-hydrogen) atoms. The van der Waals surface area contributed by atoms with Crippen LogP contribution in [0.1, 0.15) is 11.7 Å². The second kappa shape index (κ2) is 3.99. The zero-order valence-electron chi connectivity index (χ0n) is 8.34. The maximum absolute atomic E-state index is 5.92. The molecule has 0 saturated heterocycles. The Morgan fingerprint density at radius 1 is 1.33 bits per heavy atom. The molecule has 0 spiro atoms. The summed E-state index contributed by atoms with van der Waals surface area (Å²) in [6, 6.07) is 5.70. The van der Waals surface area contributed by atoms with Crippen molar-refractivity contribution in [3.05, 3.63) is 39.3 Å². The molecule has 2 aromatic rings. The third-order valence-corrected chi connectivity index (χ3v) is 3.31. The molecule has 0 bridgehead atoms. The molecule has 0 radical (unpaired) electrons. The van der Waals surface area contributed by atoms with Gasteiger partial charge in [0.25, 0.3) is 0 Å². The lowest BCUT2D eigenvalue weighted by Crippen LogP contribution is -1.81. The van der Waals surface area contributed by atoms with Gasteiger partial charge in [-0.15, -0.1) is 0 Å². The zero-order valence-corrected chi connectivity index (χ0v) is 10.7. The van der Waals surface area contributed by atoms with Crippen molar-refractivity contribution in [1.29, 1.82) is 0 Å². The number of nitrogens with zero attached hydrogens (tertiary/aromatic N) is 1. The predicted molar refractivity (Wildman–Crippen MR) is 64.1 cm³/mol. The summed E-state index contributed by atoms with van der Waals surface area (Å²) in [5.74, 6) is 1.50. The van der Waals surface area contributed by atoms with Crippen LogP contribution in [0.3, 0.4) is 0 Å². The van der Waals surface area contributed by atoms with Gasteiger partial charge >= 0.3 is 0 Å². The van der Waals surface area contributed by atoms with Crippen molar-refractivity contribution in [2.24, 2.45) is 0 Å². The number of aryl methyl sites for hydroxylation is 2. The average Bonchev–Trinajstić information content (AvgIpc) is 2.50. The van der Waals surface area contributed by atoms with E-state index in [0.29, 0.717) is 10.9 Å². The van der Waals surface area contributed by atoms with Crippen LogP contribution in [-0.2, 0) is 0 Å². The van der Waals surface area contributed by atoms with Gasteiger partial charge in [-0.05, 0) is 35.0 Å². The Bertz CT molecular complexity index is 507. The normalized spacial score (nSPS) is 10.7. The summed E-state index contributed by atoms with van der Waals surface area (Å²) in [6.45, 7) is 3.74. The number of hydrogen-bond donors (Lipinski definition) is 0. The lowest BCUT2D eigenvalue weighted by Gasteiger charge is -2.00. The molecule has 0 saturated carbocycles. The molecule has 1 aromatic heterocycles. The van der Waals surface area contributed by atoms with E-state index >= 15 is 0 Å².